The normalized spacial score (nSPS) is 18.8. The van der Waals surface area contributed by atoms with Gasteiger partial charge in [-0.2, -0.15) is 0 Å². The zero-order valence-corrected chi connectivity index (χ0v) is 8.38. The van der Waals surface area contributed by atoms with Crippen LogP contribution in [0, 0.1) is 5.92 Å². The average molecular weight is 183 g/mol. The van der Waals surface area contributed by atoms with Crippen molar-refractivity contribution in [2.24, 2.45) is 5.92 Å². The predicted octanol–water partition coefficient (Wildman–Crippen LogP) is 1.22. The SMILES string of the molecule is CCC(=O)C1CCN(C(C)=O)CC1. The fraction of sp³-hybridized carbons (Fsp3) is 0.800. The molecule has 1 aliphatic heterocycles. The summed E-state index contributed by atoms with van der Waals surface area (Å²) in [6, 6.07) is 0. The molecule has 0 aromatic carbocycles. The highest BCUT2D eigenvalue weighted by molar-refractivity contribution is 5.81. The number of likely N-dealkylation sites (tertiary alicyclic amines) is 1. The first-order valence-corrected chi connectivity index (χ1v) is 4.93. The molecule has 74 valence electrons. The van der Waals surface area contributed by atoms with E-state index >= 15 is 0 Å². The van der Waals surface area contributed by atoms with Crippen LogP contribution in [0.15, 0.2) is 0 Å². The van der Waals surface area contributed by atoms with Crippen LogP contribution in [0.1, 0.15) is 33.1 Å². The number of ketones is 1. The van der Waals surface area contributed by atoms with E-state index in [-0.39, 0.29) is 11.8 Å². The van der Waals surface area contributed by atoms with Gasteiger partial charge < -0.3 is 4.90 Å². The second-order valence-corrected chi connectivity index (χ2v) is 3.60. The second kappa shape index (κ2) is 4.40. The highest BCUT2D eigenvalue weighted by Gasteiger charge is 2.24. The summed E-state index contributed by atoms with van der Waals surface area (Å²) < 4.78 is 0. The second-order valence-electron chi connectivity index (χ2n) is 3.60. The van der Waals surface area contributed by atoms with E-state index in [0.717, 1.165) is 25.9 Å². The Balaban J connectivity index is 2.39. The van der Waals surface area contributed by atoms with Crippen molar-refractivity contribution in [2.45, 2.75) is 33.1 Å². The molecule has 1 saturated heterocycles. The number of hydrogen-bond donors (Lipinski definition) is 0. The molecule has 0 aromatic heterocycles. The summed E-state index contributed by atoms with van der Waals surface area (Å²) >= 11 is 0. The molecule has 0 unspecified atom stereocenters. The van der Waals surface area contributed by atoms with E-state index in [2.05, 4.69) is 0 Å². The number of carbonyl (C=O) groups is 2. The standard InChI is InChI=1S/C10H17NO2/c1-3-10(13)9-4-6-11(7-5-9)8(2)12/h9H,3-7H2,1-2H3. The lowest BCUT2D eigenvalue weighted by Gasteiger charge is -2.30. The molecular weight excluding hydrogens is 166 g/mol. The molecule has 1 fully saturated rings. The topological polar surface area (TPSA) is 37.4 Å². The van der Waals surface area contributed by atoms with Crippen molar-refractivity contribution in [1.82, 2.24) is 4.90 Å². The van der Waals surface area contributed by atoms with E-state index in [9.17, 15) is 9.59 Å². The van der Waals surface area contributed by atoms with Gasteiger partial charge in [-0.25, -0.2) is 0 Å². The lowest BCUT2D eigenvalue weighted by Crippen LogP contribution is -2.38. The molecule has 1 heterocycles. The molecule has 0 N–H and O–H groups in total. The van der Waals surface area contributed by atoms with Crippen LogP contribution in [-0.2, 0) is 9.59 Å². The van der Waals surface area contributed by atoms with Crippen molar-refractivity contribution in [1.29, 1.82) is 0 Å². The Morgan fingerprint density at radius 1 is 1.31 bits per heavy atom. The molecule has 1 rings (SSSR count). The van der Waals surface area contributed by atoms with Crippen LogP contribution in [0.3, 0.4) is 0 Å². The van der Waals surface area contributed by atoms with Gasteiger partial charge in [0.2, 0.25) is 5.91 Å². The first-order valence-electron chi connectivity index (χ1n) is 4.93. The summed E-state index contributed by atoms with van der Waals surface area (Å²) in [4.78, 5) is 24.1. The van der Waals surface area contributed by atoms with Crippen molar-refractivity contribution in [2.75, 3.05) is 13.1 Å². The maximum absolute atomic E-state index is 11.3. The molecule has 1 amide bonds. The number of rotatable bonds is 2. The minimum absolute atomic E-state index is 0.127. The molecule has 0 atom stereocenters. The maximum Gasteiger partial charge on any atom is 0.219 e. The van der Waals surface area contributed by atoms with Gasteiger partial charge in [-0.15, -0.1) is 0 Å². The van der Waals surface area contributed by atoms with E-state index in [0.29, 0.717) is 12.2 Å². The van der Waals surface area contributed by atoms with Gasteiger partial charge in [-0.1, -0.05) is 6.92 Å². The van der Waals surface area contributed by atoms with Crippen molar-refractivity contribution in [3.05, 3.63) is 0 Å². The molecule has 0 spiro atoms. The Kier molecular flexibility index (Phi) is 3.46. The first kappa shape index (κ1) is 10.2. The molecule has 0 radical (unpaired) electrons. The number of amides is 1. The summed E-state index contributed by atoms with van der Waals surface area (Å²) in [5, 5.41) is 0. The Labute approximate surface area is 79.1 Å². The molecule has 0 saturated carbocycles. The zero-order valence-electron chi connectivity index (χ0n) is 8.38. The lowest BCUT2D eigenvalue weighted by atomic mass is 9.91. The maximum atomic E-state index is 11.3. The summed E-state index contributed by atoms with van der Waals surface area (Å²) in [5.41, 5.74) is 0. The largest absolute Gasteiger partial charge is 0.343 e. The number of Topliss-reactive ketones (excluding diaryl/α,β-unsaturated/α-hetero) is 1. The molecule has 0 aromatic rings. The Morgan fingerprint density at radius 3 is 2.23 bits per heavy atom. The van der Waals surface area contributed by atoms with Gasteiger partial charge in [0.05, 0.1) is 0 Å². The van der Waals surface area contributed by atoms with Gasteiger partial charge >= 0.3 is 0 Å². The Hall–Kier alpha value is -0.860. The van der Waals surface area contributed by atoms with E-state index in [1.165, 1.54) is 0 Å². The monoisotopic (exact) mass is 183 g/mol. The molecule has 1 aliphatic rings. The number of piperidine rings is 1. The molecule has 0 aliphatic carbocycles. The van der Waals surface area contributed by atoms with E-state index < -0.39 is 0 Å². The van der Waals surface area contributed by atoms with Gasteiger partial charge in [0, 0.05) is 32.4 Å². The molecular formula is C10H17NO2. The van der Waals surface area contributed by atoms with E-state index in [1.807, 2.05) is 11.8 Å². The third kappa shape index (κ3) is 2.54. The Bertz CT molecular complexity index is 205. The van der Waals surface area contributed by atoms with Gasteiger partial charge in [0.25, 0.3) is 0 Å². The van der Waals surface area contributed by atoms with Gasteiger partial charge in [-0.05, 0) is 12.8 Å². The molecule has 0 bridgehead atoms. The van der Waals surface area contributed by atoms with Crippen LogP contribution < -0.4 is 0 Å². The van der Waals surface area contributed by atoms with Crippen LogP contribution in [0.2, 0.25) is 0 Å². The number of nitrogens with zero attached hydrogens (tertiary/aromatic N) is 1. The van der Waals surface area contributed by atoms with E-state index in [1.54, 1.807) is 6.92 Å². The van der Waals surface area contributed by atoms with Gasteiger partial charge in [-0.3, -0.25) is 9.59 Å². The number of carbonyl (C=O) groups excluding carboxylic acids is 2. The molecule has 13 heavy (non-hydrogen) atoms. The van der Waals surface area contributed by atoms with Crippen LogP contribution >= 0.6 is 0 Å². The fourth-order valence-electron chi connectivity index (χ4n) is 1.81. The first-order chi connectivity index (χ1) is 6.15. The van der Waals surface area contributed by atoms with Crippen LogP contribution in [-0.4, -0.2) is 29.7 Å². The predicted molar refractivity (Wildman–Crippen MR) is 50.3 cm³/mol. The lowest BCUT2D eigenvalue weighted by molar-refractivity contribution is -0.133. The minimum atomic E-state index is 0.127. The van der Waals surface area contributed by atoms with Gasteiger partial charge in [0.1, 0.15) is 5.78 Å². The summed E-state index contributed by atoms with van der Waals surface area (Å²) in [7, 11) is 0. The Morgan fingerprint density at radius 2 is 1.85 bits per heavy atom. The number of hydrogen-bond acceptors (Lipinski definition) is 2. The molecule has 3 heteroatoms. The average Bonchev–Trinajstić information content (AvgIpc) is 2.17. The third-order valence-corrected chi connectivity index (χ3v) is 2.74. The molecule has 3 nitrogen and oxygen atoms in total. The highest BCUT2D eigenvalue weighted by atomic mass is 16.2. The van der Waals surface area contributed by atoms with E-state index in [4.69, 9.17) is 0 Å². The van der Waals surface area contributed by atoms with Crippen molar-refractivity contribution in [3.63, 3.8) is 0 Å². The fourth-order valence-corrected chi connectivity index (χ4v) is 1.81. The highest BCUT2D eigenvalue weighted by Crippen LogP contribution is 2.19. The van der Waals surface area contributed by atoms with Crippen molar-refractivity contribution in [3.8, 4) is 0 Å². The summed E-state index contributed by atoms with van der Waals surface area (Å²) in [5.74, 6) is 0.686. The van der Waals surface area contributed by atoms with Gasteiger partial charge in [0.15, 0.2) is 0 Å². The van der Waals surface area contributed by atoms with Crippen LogP contribution in [0.5, 0.6) is 0 Å². The summed E-state index contributed by atoms with van der Waals surface area (Å²) in [6.45, 7) is 5.00. The summed E-state index contributed by atoms with van der Waals surface area (Å²) in [6.07, 6.45) is 2.34. The zero-order chi connectivity index (χ0) is 9.84. The van der Waals surface area contributed by atoms with Crippen LogP contribution in [0.4, 0.5) is 0 Å². The quantitative estimate of drug-likeness (QED) is 0.645. The van der Waals surface area contributed by atoms with Crippen molar-refractivity contribution >= 4 is 11.7 Å². The third-order valence-electron chi connectivity index (χ3n) is 2.74. The minimum Gasteiger partial charge on any atom is -0.343 e. The smallest absolute Gasteiger partial charge is 0.219 e. The van der Waals surface area contributed by atoms with Crippen molar-refractivity contribution < 1.29 is 9.59 Å². The van der Waals surface area contributed by atoms with Crippen LogP contribution in [0.25, 0.3) is 0 Å².